The minimum atomic E-state index is -0.532. The molecule has 2 N–H and O–H groups in total. The third kappa shape index (κ3) is 2.41. The van der Waals surface area contributed by atoms with Gasteiger partial charge in [0.15, 0.2) is 0 Å². The van der Waals surface area contributed by atoms with Crippen LogP contribution in [0.15, 0.2) is 0 Å². The van der Waals surface area contributed by atoms with Gasteiger partial charge in [0.1, 0.15) is 0 Å². The van der Waals surface area contributed by atoms with Gasteiger partial charge >= 0.3 is 0 Å². The summed E-state index contributed by atoms with van der Waals surface area (Å²) in [6.07, 6.45) is 6.61. The van der Waals surface area contributed by atoms with E-state index in [2.05, 4.69) is 5.32 Å². The van der Waals surface area contributed by atoms with E-state index in [-0.39, 0.29) is 5.60 Å². The Morgan fingerprint density at radius 3 is 2.81 bits per heavy atom. The summed E-state index contributed by atoms with van der Waals surface area (Å²) in [5.41, 5.74) is -0.387. The molecule has 1 aliphatic heterocycles. The topological polar surface area (TPSA) is 41.5 Å². The van der Waals surface area contributed by atoms with Crippen molar-refractivity contribution in [1.82, 2.24) is 5.32 Å². The highest BCUT2D eigenvalue weighted by Crippen LogP contribution is 2.47. The largest absolute Gasteiger partial charge is 0.390 e. The van der Waals surface area contributed by atoms with Crippen LogP contribution >= 0.6 is 0 Å². The Morgan fingerprint density at radius 2 is 2.25 bits per heavy atom. The van der Waals surface area contributed by atoms with Crippen LogP contribution < -0.4 is 5.32 Å². The zero-order valence-corrected chi connectivity index (χ0v) is 10.6. The number of aliphatic hydroxyl groups is 1. The third-order valence-electron chi connectivity index (χ3n) is 4.52. The molecule has 0 aromatic carbocycles. The van der Waals surface area contributed by atoms with Crippen LogP contribution in [-0.4, -0.2) is 36.5 Å². The quantitative estimate of drug-likeness (QED) is 0.768. The monoisotopic (exact) mass is 227 g/mol. The van der Waals surface area contributed by atoms with Crippen molar-refractivity contribution in [1.29, 1.82) is 0 Å². The van der Waals surface area contributed by atoms with E-state index in [0.717, 1.165) is 32.4 Å². The Balaban J connectivity index is 1.92. The molecule has 0 radical (unpaired) electrons. The zero-order chi connectivity index (χ0) is 11.6. The first-order chi connectivity index (χ1) is 7.58. The summed E-state index contributed by atoms with van der Waals surface area (Å²) in [5, 5.41) is 13.6. The zero-order valence-electron chi connectivity index (χ0n) is 10.6. The standard InChI is InChI=1S/C13H25NO2/c1-12(15,7-8-14-2)11-4-9-16-13(10-11)5-3-6-13/h11,14-15H,3-10H2,1-2H3. The summed E-state index contributed by atoms with van der Waals surface area (Å²) in [7, 11) is 1.94. The second-order valence-corrected chi connectivity index (χ2v) is 5.79. The molecular weight excluding hydrogens is 202 g/mol. The molecule has 2 rings (SSSR count). The van der Waals surface area contributed by atoms with Crippen LogP contribution in [0.2, 0.25) is 0 Å². The number of nitrogens with one attached hydrogen (secondary N) is 1. The molecule has 16 heavy (non-hydrogen) atoms. The SMILES string of the molecule is CNCCC(C)(O)C1CCOC2(CCC2)C1. The molecule has 2 fully saturated rings. The molecule has 0 aromatic heterocycles. The van der Waals surface area contributed by atoms with Gasteiger partial charge in [-0.2, -0.15) is 0 Å². The second-order valence-electron chi connectivity index (χ2n) is 5.79. The van der Waals surface area contributed by atoms with Gasteiger partial charge in [-0.05, 0) is 65.0 Å². The van der Waals surface area contributed by atoms with E-state index in [1.54, 1.807) is 0 Å². The maximum atomic E-state index is 10.5. The van der Waals surface area contributed by atoms with Gasteiger partial charge in [0.25, 0.3) is 0 Å². The van der Waals surface area contributed by atoms with E-state index < -0.39 is 5.60 Å². The lowest BCUT2D eigenvalue weighted by atomic mass is 9.67. The van der Waals surface area contributed by atoms with Crippen LogP contribution in [0.25, 0.3) is 0 Å². The maximum absolute atomic E-state index is 10.5. The average molecular weight is 227 g/mol. The minimum Gasteiger partial charge on any atom is -0.390 e. The van der Waals surface area contributed by atoms with Crippen LogP contribution in [0.5, 0.6) is 0 Å². The van der Waals surface area contributed by atoms with Crippen molar-refractivity contribution >= 4 is 0 Å². The first kappa shape index (κ1) is 12.3. The highest BCUT2D eigenvalue weighted by atomic mass is 16.5. The summed E-state index contributed by atoms with van der Waals surface area (Å²) in [6, 6.07) is 0. The molecule has 1 aliphatic carbocycles. The molecule has 1 saturated heterocycles. The Bertz CT molecular complexity index is 236. The second kappa shape index (κ2) is 4.63. The number of hydrogen-bond acceptors (Lipinski definition) is 3. The van der Waals surface area contributed by atoms with Crippen molar-refractivity contribution in [2.24, 2.45) is 5.92 Å². The number of ether oxygens (including phenoxy) is 1. The van der Waals surface area contributed by atoms with Gasteiger partial charge in [0, 0.05) is 6.61 Å². The molecule has 1 heterocycles. The van der Waals surface area contributed by atoms with E-state index >= 15 is 0 Å². The van der Waals surface area contributed by atoms with Gasteiger partial charge in [-0.25, -0.2) is 0 Å². The molecule has 2 unspecified atom stereocenters. The summed E-state index contributed by atoms with van der Waals surface area (Å²) >= 11 is 0. The fourth-order valence-electron chi connectivity index (χ4n) is 3.06. The van der Waals surface area contributed by atoms with Gasteiger partial charge in [-0.15, -0.1) is 0 Å². The van der Waals surface area contributed by atoms with Gasteiger partial charge < -0.3 is 15.2 Å². The van der Waals surface area contributed by atoms with E-state index in [1.807, 2.05) is 14.0 Å². The first-order valence-corrected chi connectivity index (χ1v) is 6.59. The van der Waals surface area contributed by atoms with Crippen molar-refractivity contribution in [2.75, 3.05) is 20.2 Å². The average Bonchev–Trinajstić information content (AvgIpc) is 2.24. The molecule has 0 bridgehead atoms. The molecule has 0 aromatic rings. The van der Waals surface area contributed by atoms with Crippen LogP contribution in [0, 0.1) is 5.92 Å². The Morgan fingerprint density at radius 1 is 1.50 bits per heavy atom. The Labute approximate surface area is 98.6 Å². The molecule has 2 atom stereocenters. The fraction of sp³-hybridized carbons (Fsp3) is 1.00. The predicted molar refractivity (Wildman–Crippen MR) is 64.4 cm³/mol. The molecule has 1 spiro atoms. The molecule has 0 amide bonds. The molecule has 2 aliphatic rings. The van der Waals surface area contributed by atoms with Crippen LogP contribution in [0.1, 0.15) is 45.4 Å². The molecule has 3 heteroatoms. The molecule has 94 valence electrons. The lowest BCUT2D eigenvalue weighted by molar-refractivity contribution is -0.173. The van der Waals surface area contributed by atoms with E-state index in [4.69, 9.17) is 4.74 Å². The van der Waals surface area contributed by atoms with E-state index in [0.29, 0.717) is 5.92 Å². The lowest BCUT2D eigenvalue weighted by Crippen LogP contribution is -2.51. The highest BCUT2D eigenvalue weighted by molar-refractivity contribution is 4.98. The van der Waals surface area contributed by atoms with Gasteiger partial charge in [0.2, 0.25) is 0 Å². The lowest BCUT2D eigenvalue weighted by Gasteiger charge is -2.50. The molecule has 1 saturated carbocycles. The Kier molecular flexibility index (Phi) is 3.57. The Hall–Kier alpha value is -0.120. The summed E-state index contributed by atoms with van der Waals surface area (Å²) in [6.45, 7) is 3.71. The fourth-order valence-corrected chi connectivity index (χ4v) is 3.06. The molecular formula is C13H25NO2. The highest BCUT2D eigenvalue weighted by Gasteiger charge is 2.46. The molecule has 3 nitrogen and oxygen atoms in total. The van der Waals surface area contributed by atoms with Crippen molar-refractivity contribution in [3.05, 3.63) is 0 Å². The normalized spacial score (nSPS) is 32.1. The summed E-state index contributed by atoms with van der Waals surface area (Å²) in [5.74, 6) is 0.412. The van der Waals surface area contributed by atoms with Gasteiger partial charge in [-0.1, -0.05) is 0 Å². The van der Waals surface area contributed by atoms with Crippen molar-refractivity contribution in [2.45, 2.75) is 56.7 Å². The minimum absolute atomic E-state index is 0.145. The smallest absolute Gasteiger partial charge is 0.0686 e. The first-order valence-electron chi connectivity index (χ1n) is 6.59. The summed E-state index contributed by atoms with van der Waals surface area (Å²) in [4.78, 5) is 0. The van der Waals surface area contributed by atoms with Crippen LogP contribution in [0.4, 0.5) is 0 Å². The van der Waals surface area contributed by atoms with E-state index in [1.165, 1.54) is 19.3 Å². The maximum Gasteiger partial charge on any atom is 0.0686 e. The number of rotatable bonds is 4. The van der Waals surface area contributed by atoms with Gasteiger partial charge in [-0.3, -0.25) is 0 Å². The van der Waals surface area contributed by atoms with E-state index in [9.17, 15) is 5.11 Å². The van der Waals surface area contributed by atoms with Crippen molar-refractivity contribution in [3.63, 3.8) is 0 Å². The number of hydrogen-bond donors (Lipinski definition) is 2. The summed E-state index contributed by atoms with van der Waals surface area (Å²) < 4.78 is 5.90. The van der Waals surface area contributed by atoms with Crippen LogP contribution in [-0.2, 0) is 4.74 Å². The van der Waals surface area contributed by atoms with Crippen molar-refractivity contribution < 1.29 is 9.84 Å². The predicted octanol–water partition coefficient (Wildman–Crippen LogP) is 1.70. The van der Waals surface area contributed by atoms with Gasteiger partial charge in [0.05, 0.1) is 11.2 Å². The van der Waals surface area contributed by atoms with Crippen LogP contribution in [0.3, 0.4) is 0 Å². The van der Waals surface area contributed by atoms with Crippen molar-refractivity contribution in [3.8, 4) is 0 Å². The third-order valence-corrected chi connectivity index (χ3v) is 4.52.